The number of nitrogens with zero attached hydrogens (tertiary/aromatic N) is 2. The number of carbonyl (C=O) groups is 2. The number of esters is 1. The highest BCUT2D eigenvalue weighted by molar-refractivity contribution is 9.10. The first kappa shape index (κ1) is 19.0. The molecule has 0 aromatic heterocycles. The number of methoxy groups -OCH3 is 1. The zero-order chi connectivity index (χ0) is 19.4. The molecule has 26 heavy (non-hydrogen) atoms. The van der Waals surface area contributed by atoms with E-state index in [2.05, 4.69) is 26.0 Å². The topological polar surface area (TPSA) is 142 Å². The lowest BCUT2D eigenvalue weighted by Gasteiger charge is -2.10. The predicted molar refractivity (Wildman–Crippen MR) is 93.2 cm³/mol. The maximum atomic E-state index is 12.4. The zero-order valence-electron chi connectivity index (χ0n) is 13.1. The smallest absolute Gasteiger partial charge is 0.340 e. The highest BCUT2D eigenvalue weighted by Gasteiger charge is 2.21. The van der Waals surface area contributed by atoms with Crippen LogP contribution in [0.3, 0.4) is 0 Å². The van der Waals surface area contributed by atoms with Crippen molar-refractivity contribution >= 4 is 44.9 Å². The number of rotatable bonds is 5. The Morgan fingerprint density at radius 3 is 2.12 bits per heavy atom. The van der Waals surface area contributed by atoms with E-state index in [9.17, 15) is 29.8 Å². The van der Waals surface area contributed by atoms with Crippen LogP contribution >= 0.6 is 15.9 Å². The van der Waals surface area contributed by atoms with Gasteiger partial charge in [0.1, 0.15) is 0 Å². The molecule has 0 radical (unpaired) electrons. The first-order valence-corrected chi connectivity index (χ1v) is 7.65. The van der Waals surface area contributed by atoms with Gasteiger partial charge in [-0.1, -0.05) is 15.9 Å². The number of hydrogen-bond donors (Lipinski definition) is 1. The van der Waals surface area contributed by atoms with E-state index in [0.717, 1.165) is 18.2 Å². The van der Waals surface area contributed by atoms with Crippen LogP contribution in [0.1, 0.15) is 20.7 Å². The van der Waals surface area contributed by atoms with Gasteiger partial charge in [-0.05, 0) is 18.2 Å². The SMILES string of the molecule is COC(=O)c1cc(Br)ccc1NC(=O)c1cc([N+](=O)[O-])cc([N+](=O)[O-])c1. The van der Waals surface area contributed by atoms with Gasteiger partial charge >= 0.3 is 5.97 Å². The first-order chi connectivity index (χ1) is 12.2. The number of carbonyl (C=O) groups excluding carboxylic acids is 2. The molecule has 2 rings (SSSR count). The molecule has 0 bridgehead atoms. The van der Waals surface area contributed by atoms with E-state index < -0.39 is 33.1 Å². The van der Waals surface area contributed by atoms with Gasteiger partial charge in [-0.3, -0.25) is 25.0 Å². The minimum Gasteiger partial charge on any atom is -0.465 e. The van der Waals surface area contributed by atoms with Crippen molar-refractivity contribution < 1.29 is 24.2 Å². The molecular formula is C15H10BrN3O7. The van der Waals surface area contributed by atoms with Crippen LogP contribution in [0.4, 0.5) is 17.1 Å². The maximum Gasteiger partial charge on any atom is 0.340 e. The molecule has 11 heteroatoms. The molecule has 0 aliphatic carbocycles. The summed E-state index contributed by atoms with van der Waals surface area (Å²) in [6.07, 6.45) is 0. The largest absolute Gasteiger partial charge is 0.465 e. The quantitative estimate of drug-likeness (QED) is 0.441. The van der Waals surface area contributed by atoms with Crippen LogP contribution in [0.25, 0.3) is 0 Å². The molecule has 10 nitrogen and oxygen atoms in total. The second-order valence-corrected chi connectivity index (χ2v) is 5.80. The lowest BCUT2D eigenvalue weighted by Crippen LogP contribution is -2.16. The minimum atomic E-state index is -0.857. The average Bonchev–Trinajstić information content (AvgIpc) is 2.61. The lowest BCUT2D eigenvalue weighted by atomic mass is 10.1. The van der Waals surface area contributed by atoms with Crippen LogP contribution in [-0.4, -0.2) is 28.8 Å². The van der Waals surface area contributed by atoms with Crippen molar-refractivity contribution in [2.45, 2.75) is 0 Å². The van der Waals surface area contributed by atoms with Gasteiger partial charge in [-0.25, -0.2) is 4.79 Å². The van der Waals surface area contributed by atoms with Crippen molar-refractivity contribution in [3.63, 3.8) is 0 Å². The molecule has 0 fully saturated rings. The third-order valence-electron chi connectivity index (χ3n) is 3.22. The molecule has 0 aliphatic rings. The van der Waals surface area contributed by atoms with Crippen LogP contribution in [-0.2, 0) is 4.74 Å². The third kappa shape index (κ3) is 4.19. The van der Waals surface area contributed by atoms with Crippen molar-refractivity contribution in [3.8, 4) is 0 Å². The summed E-state index contributed by atoms with van der Waals surface area (Å²) < 4.78 is 5.19. The molecule has 134 valence electrons. The highest BCUT2D eigenvalue weighted by atomic mass is 79.9. The number of nitro groups is 2. The molecule has 0 aliphatic heterocycles. The molecule has 0 unspecified atom stereocenters. The van der Waals surface area contributed by atoms with Crippen LogP contribution in [0, 0.1) is 20.2 Å². The number of amides is 1. The summed E-state index contributed by atoms with van der Waals surface area (Å²) in [7, 11) is 1.17. The van der Waals surface area contributed by atoms with Crippen molar-refractivity contribution in [1.29, 1.82) is 0 Å². The first-order valence-electron chi connectivity index (χ1n) is 6.86. The minimum absolute atomic E-state index is 0.0372. The fraction of sp³-hybridized carbons (Fsp3) is 0.0667. The number of nitro benzene ring substituents is 2. The van der Waals surface area contributed by atoms with Crippen molar-refractivity contribution in [2.24, 2.45) is 0 Å². The molecular weight excluding hydrogens is 414 g/mol. The third-order valence-corrected chi connectivity index (χ3v) is 3.71. The van der Waals surface area contributed by atoms with E-state index >= 15 is 0 Å². The molecule has 0 saturated heterocycles. The fourth-order valence-electron chi connectivity index (χ4n) is 2.04. The second-order valence-electron chi connectivity index (χ2n) is 4.89. The normalized spacial score (nSPS) is 10.1. The molecule has 0 spiro atoms. The molecule has 1 N–H and O–H groups in total. The Morgan fingerprint density at radius 2 is 1.62 bits per heavy atom. The van der Waals surface area contributed by atoms with E-state index in [1.807, 2.05) is 0 Å². The second kappa shape index (κ2) is 7.70. The van der Waals surface area contributed by atoms with E-state index in [1.54, 1.807) is 6.07 Å². The number of nitrogens with one attached hydrogen (secondary N) is 1. The van der Waals surface area contributed by atoms with Gasteiger partial charge in [-0.15, -0.1) is 0 Å². The van der Waals surface area contributed by atoms with Gasteiger partial charge < -0.3 is 10.1 Å². The fourth-order valence-corrected chi connectivity index (χ4v) is 2.40. The summed E-state index contributed by atoms with van der Waals surface area (Å²) in [6, 6.07) is 6.93. The Balaban J connectivity index is 2.44. The van der Waals surface area contributed by atoms with Crippen molar-refractivity contribution in [1.82, 2.24) is 0 Å². The predicted octanol–water partition coefficient (Wildman–Crippen LogP) is 3.30. The van der Waals surface area contributed by atoms with Crippen LogP contribution in [0.15, 0.2) is 40.9 Å². The van der Waals surface area contributed by atoms with Crippen molar-refractivity contribution in [2.75, 3.05) is 12.4 Å². The Kier molecular flexibility index (Phi) is 5.62. The summed E-state index contributed by atoms with van der Waals surface area (Å²) in [5, 5.41) is 24.2. The molecule has 2 aromatic carbocycles. The van der Waals surface area contributed by atoms with Gasteiger partial charge in [0.2, 0.25) is 0 Å². The summed E-state index contributed by atoms with van der Waals surface area (Å²) in [4.78, 5) is 44.3. The highest BCUT2D eigenvalue weighted by Crippen LogP contribution is 2.25. The summed E-state index contributed by atoms with van der Waals surface area (Å²) in [5.41, 5.74) is -1.39. The van der Waals surface area contributed by atoms with Gasteiger partial charge in [0.25, 0.3) is 17.3 Å². The number of non-ortho nitro benzene ring substituents is 2. The van der Waals surface area contributed by atoms with Gasteiger partial charge in [0, 0.05) is 16.6 Å². The lowest BCUT2D eigenvalue weighted by molar-refractivity contribution is -0.394. The van der Waals surface area contributed by atoms with Crippen LogP contribution in [0.2, 0.25) is 0 Å². The molecule has 1 amide bonds. The van der Waals surface area contributed by atoms with Gasteiger partial charge in [0.05, 0.1) is 39.8 Å². The standard InChI is InChI=1S/C15H10BrN3O7/c1-26-15(21)12-6-9(16)2-3-13(12)17-14(20)8-4-10(18(22)23)7-11(5-8)19(24)25/h2-7H,1H3,(H,17,20). The molecule has 0 saturated carbocycles. The number of halogens is 1. The monoisotopic (exact) mass is 423 g/mol. The maximum absolute atomic E-state index is 12.4. The molecule has 2 aromatic rings. The molecule has 0 heterocycles. The Morgan fingerprint density at radius 1 is 1.04 bits per heavy atom. The number of anilines is 1. The average molecular weight is 424 g/mol. The summed E-state index contributed by atoms with van der Waals surface area (Å²) in [5.74, 6) is -1.57. The number of benzene rings is 2. The van der Waals surface area contributed by atoms with Gasteiger partial charge in [-0.2, -0.15) is 0 Å². The summed E-state index contributed by atoms with van der Waals surface area (Å²) in [6.45, 7) is 0. The van der Waals surface area contributed by atoms with E-state index in [-0.39, 0.29) is 16.8 Å². The zero-order valence-corrected chi connectivity index (χ0v) is 14.7. The van der Waals surface area contributed by atoms with E-state index in [4.69, 9.17) is 0 Å². The van der Waals surface area contributed by atoms with Crippen molar-refractivity contribution in [3.05, 3.63) is 72.2 Å². The Bertz CT molecular complexity index is 897. The number of hydrogen-bond acceptors (Lipinski definition) is 7. The summed E-state index contributed by atoms with van der Waals surface area (Å²) >= 11 is 3.19. The van der Waals surface area contributed by atoms with Crippen LogP contribution in [0.5, 0.6) is 0 Å². The van der Waals surface area contributed by atoms with Gasteiger partial charge in [0.15, 0.2) is 0 Å². The molecule has 0 atom stereocenters. The van der Waals surface area contributed by atoms with Crippen LogP contribution < -0.4 is 5.32 Å². The Hall–Kier alpha value is -3.34. The van der Waals surface area contributed by atoms with E-state index in [1.165, 1.54) is 19.2 Å². The Labute approximate surface area is 154 Å². The number of ether oxygens (including phenoxy) is 1. The van der Waals surface area contributed by atoms with E-state index in [0.29, 0.717) is 4.47 Å².